The van der Waals surface area contributed by atoms with E-state index in [1.165, 1.54) is 24.3 Å². The third kappa shape index (κ3) is 9.14. The molecule has 1 atom stereocenters. The van der Waals surface area contributed by atoms with Crippen molar-refractivity contribution in [2.24, 2.45) is 11.1 Å². The minimum absolute atomic E-state index is 0.131. The lowest BCUT2D eigenvalue weighted by molar-refractivity contribution is -0.274. The number of alkyl halides is 6. The summed E-state index contributed by atoms with van der Waals surface area (Å²) in [5.41, 5.74) is 2.44. The average Bonchev–Trinajstić information content (AvgIpc) is 2.83. The highest BCUT2D eigenvalue weighted by atomic mass is 19.4. The standard InChI is InChI=1S/C26H30F6N4O4/c1-23(2,3)24(22(33)39,15-34-12-11-16-7-9-19(10-8-16)40-26(30,31)32)36-20(37)14-35-21(38)17-5-4-6-18(13-17)25(27,28)29/h4-10,13,34H,11-12,14-15H2,1-3H3,(H2,33,39)(H,35,38)(H,36,37). The predicted molar refractivity (Wildman–Crippen MR) is 133 cm³/mol. The van der Waals surface area contributed by atoms with Gasteiger partial charge in [-0.1, -0.05) is 39.0 Å². The zero-order chi connectivity index (χ0) is 30.4. The van der Waals surface area contributed by atoms with E-state index in [0.29, 0.717) is 18.1 Å². The first-order chi connectivity index (χ1) is 18.3. The van der Waals surface area contributed by atoms with E-state index >= 15 is 0 Å². The van der Waals surface area contributed by atoms with Gasteiger partial charge in [0.2, 0.25) is 11.8 Å². The van der Waals surface area contributed by atoms with Crippen LogP contribution in [0.3, 0.4) is 0 Å². The number of nitrogens with two attached hydrogens (primary N) is 1. The number of amides is 3. The predicted octanol–water partition coefficient (Wildman–Crippen LogP) is 3.55. The molecular formula is C26H30F6N4O4. The maximum Gasteiger partial charge on any atom is 0.573 e. The van der Waals surface area contributed by atoms with Crippen LogP contribution in [0.5, 0.6) is 5.75 Å². The highest BCUT2D eigenvalue weighted by Gasteiger charge is 2.48. The number of rotatable bonds is 11. The summed E-state index contributed by atoms with van der Waals surface area (Å²) < 4.78 is 79.5. The first kappa shape index (κ1) is 32.4. The number of nitrogens with one attached hydrogen (secondary N) is 3. The summed E-state index contributed by atoms with van der Waals surface area (Å²) in [6, 6.07) is 8.90. The van der Waals surface area contributed by atoms with Crippen LogP contribution in [0.4, 0.5) is 26.3 Å². The van der Waals surface area contributed by atoms with Gasteiger partial charge in [-0.25, -0.2) is 0 Å². The zero-order valence-corrected chi connectivity index (χ0v) is 21.9. The summed E-state index contributed by atoms with van der Waals surface area (Å²) in [4.78, 5) is 37.6. The second kappa shape index (κ2) is 12.6. The zero-order valence-electron chi connectivity index (χ0n) is 21.9. The van der Waals surface area contributed by atoms with Crippen molar-refractivity contribution in [3.8, 4) is 5.75 Å². The largest absolute Gasteiger partial charge is 0.573 e. The maximum atomic E-state index is 12.9. The molecule has 0 radical (unpaired) electrons. The van der Waals surface area contributed by atoms with Gasteiger partial charge in [0.05, 0.1) is 12.1 Å². The molecule has 0 saturated carbocycles. The Labute approximate surface area is 226 Å². The second-order valence-corrected chi connectivity index (χ2v) is 9.95. The van der Waals surface area contributed by atoms with Crippen LogP contribution in [0.15, 0.2) is 48.5 Å². The molecule has 0 spiro atoms. The van der Waals surface area contributed by atoms with E-state index in [1.807, 2.05) is 0 Å². The van der Waals surface area contributed by atoms with Crippen molar-refractivity contribution in [3.05, 3.63) is 65.2 Å². The lowest BCUT2D eigenvalue weighted by Gasteiger charge is -2.43. The smallest absolute Gasteiger partial charge is 0.406 e. The molecule has 2 aromatic carbocycles. The number of ether oxygens (including phenoxy) is 1. The van der Waals surface area contributed by atoms with Gasteiger partial charge in [0.15, 0.2) is 0 Å². The fourth-order valence-corrected chi connectivity index (χ4v) is 3.76. The van der Waals surface area contributed by atoms with Gasteiger partial charge in [0, 0.05) is 12.1 Å². The minimum Gasteiger partial charge on any atom is -0.406 e. The molecule has 40 heavy (non-hydrogen) atoms. The van der Waals surface area contributed by atoms with Crippen LogP contribution in [0.1, 0.15) is 42.3 Å². The first-order valence-corrected chi connectivity index (χ1v) is 12.0. The molecule has 5 N–H and O–H groups in total. The summed E-state index contributed by atoms with van der Waals surface area (Å²) >= 11 is 0. The molecule has 1 unspecified atom stereocenters. The molecule has 0 saturated heterocycles. The van der Waals surface area contributed by atoms with Crippen LogP contribution < -0.4 is 26.4 Å². The lowest BCUT2D eigenvalue weighted by Crippen LogP contribution is -2.70. The quantitative estimate of drug-likeness (QED) is 0.241. The molecule has 0 aliphatic heterocycles. The Morgan fingerprint density at radius 1 is 0.925 bits per heavy atom. The van der Waals surface area contributed by atoms with Crippen LogP contribution >= 0.6 is 0 Å². The van der Waals surface area contributed by atoms with Gasteiger partial charge in [0.25, 0.3) is 5.91 Å². The fourth-order valence-electron chi connectivity index (χ4n) is 3.76. The Morgan fingerprint density at radius 2 is 1.55 bits per heavy atom. The number of benzene rings is 2. The summed E-state index contributed by atoms with van der Waals surface area (Å²) in [5, 5.41) is 7.78. The molecule has 0 bridgehead atoms. The van der Waals surface area contributed by atoms with E-state index in [9.17, 15) is 40.7 Å². The molecule has 0 aliphatic rings. The van der Waals surface area contributed by atoms with E-state index in [1.54, 1.807) is 20.8 Å². The number of carbonyl (C=O) groups is 3. The van der Waals surface area contributed by atoms with Crippen LogP contribution in [0, 0.1) is 5.41 Å². The normalized spacial score (nSPS) is 13.7. The number of halogens is 6. The van der Waals surface area contributed by atoms with Crippen LogP contribution in [0.2, 0.25) is 0 Å². The van der Waals surface area contributed by atoms with Crippen molar-refractivity contribution >= 4 is 17.7 Å². The van der Waals surface area contributed by atoms with Crippen LogP contribution in [-0.2, 0) is 22.2 Å². The van der Waals surface area contributed by atoms with Gasteiger partial charge in [-0.05, 0) is 54.3 Å². The molecule has 220 valence electrons. The summed E-state index contributed by atoms with van der Waals surface area (Å²) in [5.74, 6) is -2.98. The molecule has 0 aliphatic carbocycles. The first-order valence-electron chi connectivity index (χ1n) is 12.0. The van der Waals surface area contributed by atoms with Gasteiger partial charge in [-0.2, -0.15) is 13.2 Å². The summed E-state index contributed by atoms with van der Waals surface area (Å²) in [6.07, 6.45) is -9.11. The molecule has 0 heterocycles. The van der Waals surface area contributed by atoms with E-state index in [-0.39, 0.29) is 24.4 Å². The topological polar surface area (TPSA) is 123 Å². The van der Waals surface area contributed by atoms with Gasteiger partial charge in [-0.15, -0.1) is 13.2 Å². The van der Waals surface area contributed by atoms with E-state index in [2.05, 4.69) is 20.7 Å². The van der Waals surface area contributed by atoms with E-state index in [4.69, 9.17) is 5.73 Å². The Hall–Kier alpha value is -3.81. The third-order valence-corrected chi connectivity index (χ3v) is 6.05. The highest BCUT2D eigenvalue weighted by molar-refractivity contribution is 5.98. The van der Waals surface area contributed by atoms with Crippen molar-refractivity contribution in [2.75, 3.05) is 19.6 Å². The Balaban J connectivity index is 2.01. The highest BCUT2D eigenvalue weighted by Crippen LogP contribution is 2.31. The SMILES string of the molecule is CC(C)(C)C(CNCCc1ccc(OC(F)(F)F)cc1)(NC(=O)CNC(=O)c1cccc(C(F)(F)F)c1)C(N)=O. The maximum absolute atomic E-state index is 12.9. The Bertz CT molecular complexity index is 1190. The number of primary amides is 1. The molecule has 2 aromatic rings. The van der Waals surface area contributed by atoms with Crippen molar-refractivity contribution < 1.29 is 45.5 Å². The number of hydrogen-bond donors (Lipinski definition) is 4. The number of carbonyl (C=O) groups excluding carboxylic acids is 3. The molecule has 3 amide bonds. The Morgan fingerprint density at radius 3 is 2.08 bits per heavy atom. The molecule has 0 aromatic heterocycles. The van der Waals surface area contributed by atoms with Gasteiger partial charge in [-0.3, -0.25) is 14.4 Å². The van der Waals surface area contributed by atoms with Gasteiger partial charge in [0.1, 0.15) is 11.3 Å². The fraction of sp³-hybridized carbons (Fsp3) is 0.423. The minimum atomic E-state index is -4.81. The molecule has 14 heteroatoms. The molecular weight excluding hydrogens is 546 g/mol. The summed E-state index contributed by atoms with van der Waals surface area (Å²) in [7, 11) is 0. The monoisotopic (exact) mass is 576 g/mol. The molecule has 8 nitrogen and oxygen atoms in total. The lowest BCUT2D eigenvalue weighted by atomic mass is 9.72. The Kier molecular flexibility index (Phi) is 10.2. The molecule has 2 rings (SSSR count). The van der Waals surface area contributed by atoms with Gasteiger partial charge < -0.3 is 26.4 Å². The van der Waals surface area contributed by atoms with Crippen molar-refractivity contribution in [3.63, 3.8) is 0 Å². The number of hydrogen-bond acceptors (Lipinski definition) is 5. The van der Waals surface area contributed by atoms with Crippen LogP contribution in [-0.4, -0.2) is 49.3 Å². The molecule has 0 fully saturated rings. The van der Waals surface area contributed by atoms with E-state index in [0.717, 1.165) is 18.2 Å². The van der Waals surface area contributed by atoms with Crippen molar-refractivity contribution in [1.82, 2.24) is 16.0 Å². The van der Waals surface area contributed by atoms with Crippen molar-refractivity contribution in [1.29, 1.82) is 0 Å². The van der Waals surface area contributed by atoms with Gasteiger partial charge >= 0.3 is 12.5 Å². The average molecular weight is 577 g/mol. The third-order valence-electron chi connectivity index (χ3n) is 6.05. The second-order valence-electron chi connectivity index (χ2n) is 9.95. The summed E-state index contributed by atoms with van der Waals surface area (Å²) in [6.45, 7) is 4.44. The van der Waals surface area contributed by atoms with Crippen LogP contribution in [0.25, 0.3) is 0 Å². The van der Waals surface area contributed by atoms with E-state index < -0.39 is 53.3 Å². The van der Waals surface area contributed by atoms with Crippen molar-refractivity contribution in [2.45, 2.75) is 45.3 Å².